The van der Waals surface area contributed by atoms with Crippen LogP contribution in [0, 0.1) is 6.92 Å². The zero-order valence-electron chi connectivity index (χ0n) is 12.5. The molecular formula is C17H20N2OS. The van der Waals surface area contributed by atoms with E-state index in [9.17, 15) is 4.79 Å². The first-order chi connectivity index (χ1) is 10.2. The first-order valence-corrected chi connectivity index (χ1v) is 8.30. The average Bonchev–Trinajstić information content (AvgIpc) is 3.15. The molecule has 21 heavy (non-hydrogen) atoms. The SMILES string of the molecule is Cc1ncsc1-c1ccc(C(C)C2CCCN2C=O)cc1. The van der Waals surface area contributed by atoms with E-state index in [4.69, 9.17) is 0 Å². The van der Waals surface area contributed by atoms with Crippen molar-refractivity contribution in [1.82, 2.24) is 9.88 Å². The molecule has 1 aromatic carbocycles. The minimum Gasteiger partial charge on any atom is -0.342 e. The predicted octanol–water partition coefficient (Wildman–Crippen LogP) is 3.84. The second-order valence-electron chi connectivity index (χ2n) is 5.73. The number of aromatic nitrogens is 1. The van der Waals surface area contributed by atoms with Crippen LogP contribution in [0.15, 0.2) is 29.8 Å². The Bertz CT molecular complexity index is 620. The minimum absolute atomic E-state index is 0.346. The average molecular weight is 300 g/mol. The number of likely N-dealkylation sites (tertiary alicyclic amines) is 1. The molecule has 2 atom stereocenters. The van der Waals surface area contributed by atoms with Gasteiger partial charge in [-0.1, -0.05) is 31.2 Å². The van der Waals surface area contributed by atoms with Crippen molar-refractivity contribution in [1.29, 1.82) is 0 Å². The van der Waals surface area contributed by atoms with E-state index in [0.29, 0.717) is 12.0 Å². The molecule has 1 aliphatic rings. The lowest BCUT2D eigenvalue weighted by molar-refractivity contribution is -0.119. The molecule has 0 bridgehead atoms. The van der Waals surface area contributed by atoms with Gasteiger partial charge in [-0.05, 0) is 30.9 Å². The molecule has 1 amide bonds. The van der Waals surface area contributed by atoms with E-state index in [2.05, 4.69) is 36.2 Å². The molecule has 1 saturated heterocycles. The van der Waals surface area contributed by atoms with E-state index in [1.807, 2.05) is 17.3 Å². The number of nitrogens with zero attached hydrogens (tertiary/aromatic N) is 2. The fraction of sp³-hybridized carbons (Fsp3) is 0.412. The number of hydrogen-bond donors (Lipinski definition) is 0. The van der Waals surface area contributed by atoms with Gasteiger partial charge in [0.2, 0.25) is 6.41 Å². The first-order valence-electron chi connectivity index (χ1n) is 7.42. The molecule has 2 aromatic rings. The van der Waals surface area contributed by atoms with Gasteiger partial charge in [0, 0.05) is 18.5 Å². The number of carbonyl (C=O) groups is 1. The number of rotatable bonds is 4. The van der Waals surface area contributed by atoms with E-state index in [1.54, 1.807) is 11.3 Å². The molecule has 1 fully saturated rings. The lowest BCUT2D eigenvalue weighted by Crippen LogP contribution is -2.32. The van der Waals surface area contributed by atoms with Crippen molar-refractivity contribution >= 4 is 17.7 Å². The van der Waals surface area contributed by atoms with Gasteiger partial charge < -0.3 is 4.90 Å². The van der Waals surface area contributed by atoms with Gasteiger partial charge in [0.15, 0.2) is 0 Å². The van der Waals surface area contributed by atoms with Crippen molar-refractivity contribution in [2.75, 3.05) is 6.54 Å². The molecule has 2 unspecified atom stereocenters. The topological polar surface area (TPSA) is 33.2 Å². The standard InChI is InChI=1S/C17H20N2OS/c1-12(16-4-3-9-19(16)11-20)14-5-7-15(8-6-14)17-13(2)18-10-21-17/h5-8,10-12,16H,3-4,9H2,1-2H3. The summed E-state index contributed by atoms with van der Waals surface area (Å²) < 4.78 is 0. The molecule has 0 radical (unpaired) electrons. The summed E-state index contributed by atoms with van der Waals surface area (Å²) in [5, 5.41) is 0. The van der Waals surface area contributed by atoms with Crippen molar-refractivity contribution in [2.45, 2.75) is 38.6 Å². The highest BCUT2D eigenvalue weighted by atomic mass is 32.1. The highest BCUT2D eigenvalue weighted by Crippen LogP contribution is 2.32. The molecule has 0 aliphatic carbocycles. The molecule has 0 N–H and O–H groups in total. The minimum atomic E-state index is 0.346. The number of hydrogen-bond acceptors (Lipinski definition) is 3. The van der Waals surface area contributed by atoms with Crippen molar-refractivity contribution in [3.8, 4) is 10.4 Å². The van der Waals surface area contributed by atoms with Gasteiger partial charge in [-0.25, -0.2) is 4.98 Å². The first kappa shape index (κ1) is 14.3. The van der Waals surface area contributed by atoms with Crippen LogP contribution in [0.3, 0.4) is 0 Å². The highest BCUT2D eigenvalue weighted by molar-refractivity contribution is 7.13. The van der Waals surface area contributed by atoms with Crippen LogP contribution < -0.4 is 0 Å². The third-order valence-electron chi connectivity index (χ3n) is 4.50. The lowest BCUT2D eigenvalue weighted by Gasteiger charge is -2.26. The van der Waals surface area contributed by atoms with Gasteiger partial charge >= 0.3 is 0 Å². The van der Waals surface area contributed by atoms with Gasteiger partial charge in [0.1, 0.15) is 0 Å². The van der Waals surface area contributed by atoms with E-state index in [1.165, 1.54) is 16.0 Å². The molecule has 1 aromatic heterocycles. The van der Waals surface area contributed by atoms with Crippen LogP contribution >= 0.6 is 11.3 Å². The van der Waals surface area contributed by atoms with Gasteiger partial charge in [-0.15, -0.1) is 11.3 Å². The van der Waals surface area contributed by atoms with Crippen molar-refractivity contribution in [2.24, 2.45) is 0 Å². The normalized spacial score (nSPS) is 19.7. The van der Waals surface area contributed by atoms with Crippen LogP contribution in [-0.4, -0.2) is 28.9 Å². The number of carbonyl (C=O) groups excluding carboxylic acids is 1. The number of amides is 1. The Hall–Kier alpha value is -1.68. The van der Waals surface area contributed by atoms with E-state index >= 15 is 0 Å². The maximum atomic E-state index is 11.1. The third-order valence-corrected chi connectivity index (χ3v) is 5.48. The second-order valence-corrected chi connectivity index (χ2v) is 6.59. The summed E-state index contributed by atoms with van der Waals surface area (Å²) >= 11 is 1.68. The van der Waals surface area contributed by atoms with Crippen molar-refractivity contribution in [3.63, 3.8) is 0 Å². The number of aryl methyl sites for hydroxylation is 1. The molecule has 3 nitrogen and oxygen atoms in total. The Morgan fingerprint density at radius 2 is 2.14 bits per heavy atom. The smallest absolute Gasteiger partial charge is 0.209 e. The molecule has 0 spiro atoms. The van der Waals surface area contributed by atoms with Gasteiger partial charge in [0.25, 0.3) is 0 Å². The predicted molar refractivity (Wildman–Crippen MR) is 86.5 cm³/mol. The maximum absolute atomic E-state index is 11.1. The van der Waals surface area contributed by atoms with Crippen molar-refractivity contribution < 1.29 is 4.79 Å². The van der Waals surface area contributed by atoms with Crippen LogP contribution in [0.25, 0.3) is 10.4 Å². The quantitative estimate of drug-likeness (QED) is 0.804. The molecule has 4 heteroatoms. The Morgan fingerprint density at radius 1 is 1.38 bits per heavy atom. The summed E-state index contributed by atoms with van der Waals surface area (Å²) in [6.07, 6.45) is 3.23. The van der Waals surface area contributed by atoms with Crippen LogP contribution in [-0.2, 0) is 4.79 Å². The summed E-state index contributed by atoms with van der Waals surface area (Å²) in [6.45, 7) is 5.17. The Balaban J connectivity index is 1.81. The summed E-state index contributed by atoms with van der Waals surface area (Å²) in [7, 11) is 0. The van der Waals surface area contributed by atoms with Crippen LogP contribution in [0.2, 0.25) is 0 Å². The second kappa shape index (κ2) is 5.98. The molecule has 2 heterocycles. The number of thiazole rings is 1. The Morgan fingerprint density at radius 3 is 2.76 bits per heavy atom. The molecule has 0 saturated carbocycles. The van der Waals surface area contributed by atoms with Crippen LogP contribution in [0.5, 0.6) is 0 Å². The van der Waals surface area contributed by atoms with E-state index < -0.39 is 0 Å². The maximum Gasteiger partial charge on any atom is 0.209 e. The number of benzene rings is 1. The van der Waals surface area contributed by atoms with Gasteiger partial charge in [0.05, 0.1) is 16.1 Å². The monoisotopic (exact) mass is 300 g/mol. The van der Waals surface area contributed by atoms with E-state index in [0.717, 1.165) is 31.5 Å². The zero-order chi connectivity index (χ0) is 14.8. The molecule has 110 valence electrons. The fourth-order valence-corrected chi connectivity index (χ4v) is 4.03. The molecule has 3 rings (SSSR count). The molecule has 1 aliphatic heterocycles. The summed E-state index contributed by atoms with van der Waals surface area (Å²) in [5.74, 6) is 0.384. The van der Waals surface area contributed by atoms with Gasteiger partial charge in [-0.2, -0.15) is 0 Å². The summed E-state index contributed by atoms with van der Waals surface area (Å²) in [5.41, 5.74) is 5.51. The van der Waals surface area contributed by atoms with Gasteiger partial charge in [-0.3, -0.25) is 4.79 Å². The van der Waals surface area contributed by atoms with Crippen LogP contribution in [0.4, 0.5) is 0 Å². The van der Waals surface area contributed by atoms with E-state index in [-0.39, 0.29) is 0 Å². The largest absolute Gasteiger partial charge is 0.342 e. The third kappa shape index (κ3) is 2.72. The Labute approximate surface area is 129 Å². The fourth-order valence-electron chi connectivity index (χ4n) is 3.22. The molecular weight excluding hydrogens is 280 g/mol. The zero-order valence-corrected chi connectivity index (χ0v) is 13.3. The lowest BCUT2D eigenvalue weighted by atomic mass is 9.91. The summed E-state index contributed by atoms with van der Waals surface area (Å²) in [4.78, 5) is 18.6. The summed E-state index contributed by atoms with van der Waals surface area (Å²) in [6, 6.07) is 9.08. The van der Waals surface area contributed by atoms with Crippen LogP contribution in [0.1, 0.15) is 36.9 Å². The highest BCUT2D eigenvalue weighted by Gasteiger charge is 2.28. The Kier molecular flexibility index (Phi) is 4.06. The van der Waals surface area contributed by atoms with Crippen molar-refractivity contribution in [3.05, 3.63) is 41.0 Å².